The summed E-state index contributed by atoms with van der Waals surface area (Å²) in [7, 11) is 0. The summed E-state index contributed by atoms with van der Waals surface area (Å²) in [6.45, 7) is 2.27. The van der Waals surface area contributed by atoms with E-state index in [1.54, 1.807) is 23.5 Å². The Kier molecular flexibility index (Phi) is 4.29. The van der Waals surface area contributed by atoms with Crippen LogP contribution in [0.15, 0.2) is 61.2 Å². The number of benzene rings is 2. The van der Waals surface area contributed by atoms with Gasteiger partial charge in [0.25, 0.3) is 0 Å². The highest BCUT2D eigenvalue weighted by Crippen LogP contribution is 2.51. The fourth-order valence-electron chi connectivity index (χ4n) is 3.23. The van der Waals surface area contributed by atoms with Crippen LogP contribution in [0.5, 0.6) is 0 Å². The molecule has 0 saturated heterocycles. The molecule has 2 aromatic carbocycles. The summed E-state index contributed by atoms with van der Waals surface area (Å²) in [5, 5.41) is 1.77. The summed E-state index contributed by atoms with van der Waals surface area (Å²) in [6.07, 6.45) is -3.78. The maximum Gasteiger partial charge on any atom is 0.408 e. The summed E-state index contributed by atoms with van der Waals surface area (Å²) in [5.41, 5.74) is 2.06. The van der Waals surface area contributed by atoms with Gasteiger partial charge < -0.3 is 10.1 Å². The molecule has 0 heterocycles. The van der Waals surface area contributed by atoms with Gasteiger partial charge in [-0.2, -0.15) is 13.2 Å². The van der Waals surface area contributed by atoms with Gasteiger partial charge in [0.05, 0.1) is 0 Å². The van der Waals surface area contributed by atoms with Crippen LogP contribution in [0.25, 0.3) is 11.1 Å². The predicted octanol–water partition coefficient (Wildman–Crippen LogP) is 4.78. The van der Waals surface area contributed by atoms with E-state index in [1.807, 2.05) is 36.4 Å². The van der Waals surface area contributed by atoms with E-state index in [0.29, 0.717) is 0 Å². The van der Waals surface area contributed by atoms with E-state index in [9.17, 15) is 18.0 Å². The highest BCUT2D eigenvalue weighted by Gasteiger charge is 2.46. The molecule has 0 aromatic heterocycles. The molecule has 130 valence electrons. The van der Waals surface area contributed by atoms with Crippen molar-refractivity contribution >= 4 is 6.09 Å². The third kappa shape index (κ3) is 3.12. The van der Waals surface area contributed by atoms with Crippen molar-refractivity contribution in [3.05, 3.63) is 72.3 Å². The second-order valence-corrected chi connectivity index (χ2v) is 5.77. The number of halogens is 3. The van der Waals surface area contributed by atoms with Crippen molar-refractivity contribution in [3.63, 3.8) is 0 Å². The van der Waals surface area contributed by atoms with Gasteiger partial charge in [-0.15, -0.1) is 6.58 Å². The third-order valence-electron chi connectivity index (χ3n) is 4.15. The maximum absolute atomic E-state index is 12.4. The van der Waals surface area contributed by atoms with Crippen molar-refractivity contribution in [2.24, 2.45) is 0 Å². The fraction of sp³-hybridized carbons (Fsp3) is 0.211. The minimum atomic E-state index is -4.50. The molecule has 6 heteroatoms. The maximum atomic E-state index is 12.4. The Hall–Kier alpha value is -2.76. The second kappa shape index (κ2) is 6.27. The summed E-state index contributed by atoms with van der Waals surface area (Å²) in [6, 6.07) is 14.8. The Morgan fingerprint density at radius 3 is 2.08 bits per heavy atom. The van der Waals surface area contributed by atoms with Crippen LogP contribution in [-0.2, 0) is 10.3 Å². The number of fused-ring (bicyclic) bond motifs is 3. The van der Waals surface area contributed by atoms with Crippen LogP contribution in [0.2, 0.25) is 0 Å². The quantitative estimate of drug-likeness (QED) is 0.809. The average Bonchev–Trinajstić information content (AvgIpc) is 2.84. The van der Waals surface area contributed by atoms with Crippen LogP contribution in [0.3, 0.4) is 0 Å². The molecular weight excluding hydrogens is 331 g/mol. The first-order valence-electron chi connectivity index (χ1n) is 7.71. The third-order valence-corrected chi connectivity index (χ3v) is 4.15. The van der Waals surface area contributed by atoms with Crippen LogP contribution in [0.4, 0.5) is 18.0 Å². The molecule has 0 saturated carbocycles. The van der Waals surface area contributed by atoms with Gasteiger partial charge in [0, 0.05) is 17.5 Å². The molecule has 3 rings (SSSR count). The smallest absolute Gasteiger partial charge is 0.408 e. The van der Waals surface area contributed by atoms with E-state index in [4.69, 9.17) is 4.74 Å². The summed E-state index contributed by atoms with van der Waals surface area (Å²) < 4.78 is 42.7. The number of carbonyl (C=O) groups is 1. The lowest BCUT2D eigenvalue weighted by Crippen LogP contribution is -2.40. The number of alkyl carbamates (subject to hydrolysis) is 1. The van der Waals surface area contributed by atoms with E-state index < -0.39 is 24.4 Å². The molecule has 25 heavy (non-hydrogen) atoms. The normalized spacial score (nSPS) is 14.4. The van der Waals surface area contributed by atoms with Gasteiger partial charge in [0.2, 0.25) is 0 Å². The van der Waals surface area contributed by atoms with Gasteiger partial charge in [-0.05, 0) is 11.1 Å². The average molecular weight is 347 g/mol. The van der Waals surface area contributed by atoms with Crippen LogP contribution in [0, 0.1) is 0 Å². The molecule has 0 atom stereocenters. The number of alkyl halides is 3. The minimum Gasteiger partial charge on any atom is -0.433 e. The Morgan fingerprint density at radius 1 is 1.08 bits per heavy atom. The number of ether oxygens (including phenoxy) is 1. The van der Waals surface area contributed by atoms with Crippen molar-refractivity contribution in [2.45, 2.75) is 18.2 Å². The van der Waals surface area contributed by atoms with E-state index in [2.05, 4.69) is 6.58 Å². The molecule has 0 spiro atoms. The molecule has 0 fully saturated rings. The topological polar surface area (TPSA) is 38.3 Å². The Balaban J connectivity index is 2.02. The molecule has 2 aromatic rings. The fourth-order valence-corrected chi connectivity index (χ4v) is 3.23. The molecule has 1 aliphatic carbocycles. The first kappa shape index (κ1) is 17.1. The van der Waals surface area contributed by atoms with Gasteiger partial charge in [-0.3, -0.25) is 0 Å². The molecule has 0 radical (unpaired) electrons. The Bertz CT molecular complexity index is 769. The van der Waals surface area contributed by atoms with Gasteiger partial charge in [0.1, 0.15) is 6.54 Å². The lowest BCUT2D eigenvalue weighted by Gasteiger charge is -2.31. The van der Waals surface area contributed by atoms with E-state index in [-0.39, 0.29) is 6.42 Å². The molecular formula is C19H16F3NO2. The molecule has 0 unspecified atom stereocenters. The lowest BCUT2D eigenvalue weighted by molar-refractivity contribution is -0.124. The molecule has 0 aliphatic heterocycles. The Labute approximate surface area is 143 Å². The highest BCUT2D eigenvalue weighted by atomic mass is 19.4. The zero-order valence-corrected chi connectivity index (χ0v) is 13.3. The van der Waals surface area contributed by atoms with Crippen LogP contribution in [-0.4, -0.2) is 18.8 Å². The van der Waals surface area contributed by atoms with E-state index >= 15 is 0 Å². The highest BCUT2D eigenvalue weighted by molar-refractivity contribution is 5.82. The van der Waals surface area contributed by atoms with Crippen molar-refractivity contribution < 1.29 is 22.7 Å². The molecule has 1 amide bonds. The number of amides is 1. The SMILES string of the molecule is C=CCC1(OC(=O)NCC(F)(F)F)c2ccccc2-c2ccccc21. The van der Waals surface area contributed by atoms with Crippen molar-refractivity contribution in [2.75, 3.05) is 6.54 Å². The van der Waals surface area contributed by atoms with Crippen molar-refractivity contribution in [1.29, 1.82) is 0 Å². The van der Waals surface area contributed by atoms with Gasteiger partial charge in [-0.1, -0.05) is 54.6 Å². The first-order valence-corrected chi connectivity index (χ1v) is 7.71. The van der Waals surface area contributed by atoms with Crippen LogP contribution < -0.4 is 5.32 Å². The van der Waals surface area contributed by atoms with Gasteiger partial charge in [-0.25, -0.2) is 4.79 Å². The van der Waals surface area contributed by atoms with E-state index in [1.165, 1.54) is 0 Å². The lowest BCUT2D eigenvalue weighted by atomic mass is 9.88. The molecule has 3 nitrogen and oxygen atoms in total. The zero-order chi connectivity index (χ0) is 18.1. The van der Waals surface area contributed by atoms with Crippen LogP contribution >= 0.6 is 0 Å². The number of carbonyl (C=O) groups excluding carboxylic acids is 1. The van der Waals surface area contributed by atoms with Crippen molar-refractivity contribution in [3.8, 4) is 11.1 Å². The second-order valence-electron chi connectivity index (χ2n) is 5.77. The predicted molar refractivity (Wildman–Crippen MR) is 88.0 cm³/mol. The number of nitrogens with one attached hydrogen (secondary N) is 1. The van der Waals surface area contributed by atoms with Gasteiger partial charge >= 0.3 is 12.3 Å². The minimum absolute atomic E-state index is 0.250. The molecule has 0 bridgehead atoms. The summed E-state index contributed by atoms with van der Waals surface area (Å²) in [5.74, 6) is 0. The van der Waals surface area contributed by atoms with Crippen LogP contribution in [0.1, 0.15) is 17.5 Å². The number of hydrogen-bond acceptors (Lipinski definition) is 2. The summed E-state index contributed by atoms with van der Waals surface area (Å²) >= 11 is 0. The standard InChI is InChI=1S/C19H16F3NO2/c1-2-11-18(25-17(24)23-12-19(20,21)22)15-9-5-3-7-13(15)14-8-4-6-10-16(14)18/h2-10H,1,11-12H2,(H,23,24). The number of hydrogen-bond donors (Lipinski definition) is 1. The molecule has 1 aliphatic rings. The monoisotopic (exact) mass is 347 g/mol. The van der Waals surface area contributed by atoms with Crippen molar-refractivity contribution in [1.82, 2.24) is 5.32 Å². The zero-order valence-electron chi connectivity index (χ0n) is 13.3. The Morgan fingerprint density at radius 2 is 1.60 bits per heavy atom. The van der Waals surface area contributed by atoms with Gasteiger partial charge in [0.15, 0.2) is 5.60 Å². The largest absolute Gasteiger partial charge is 0.433 e. The van der Waals surface area contributed by atoms with E-state index in [0.717, 1.165) is 22.3 Å². The summed E-state index contributed by atoms with van der Waals surface area (Å²) in [4.78, 5) is 12.1. The number of rotatable bonds is 4. The molecule has 1 N–H and O–H groups in total. The first-order chi connectivity index (χ1) is 11.9.